The Bertz CT molecular complexity index is 4130. The fourth-order valence-electron chi connectivity index (χ4n) is 11.8. The highest BCUT2D eigenvalue weighted by Gasteiger charge is 2.50. The zero-order valence-electron chi connectivity index (χ0n) is 41.2. The van der Waals surface area contributed by atoms with E-state index in [2.05, 4.69) is 169 Å². The molecule has 64 heavy (non-hydrogen) atoms. The lowest BCUT2D eigenvalue weighted by Crippen LogP contribution is -2.32. The van der Waals surface area contributed by atoms with E-state index < -0.39 is 5.41 Å². The van der Waals surface area contributed by atoms with Gasteiger partial charge in [0.1, 0.15) is 0 Å². The maximum Gasteiger partial charge on any atom is 0.0726 e. The van der Waals surface area contributed by atoms with Gasteiger partial charge in [0.2, 0.25) is 0 Å². The first-order valence-corrected chi connectivity index (χ1v) is 22.0. The Labute approximate surface area is 381 Å². The van der Waals surface area contributed by atoms with Crippen molar-refractivity contribution in [2.24, 2.45) is 0 Å². The highest BCUT2D eigenvalue weighted by Crippen LogP contribution is 2.62. The molecule has 1 heterocycles. The summed E-state index contributed by atoms with van der Waals surface area (Å²) < 4.78 is 58.5. The maximum atomic E-state index is 9.94. The predicted octanol–water partition coefficient (Wildman–Crippen LogP) is 16.1. The van der Waals surface area contributed by atoms with Crippen LogP contribution < -0.4 is 4.90 Å². The number of anilines is 3. The number of benzene rings is 10. The third-order valence-corrected chi connectivity index (χ3v) is 14.5. The quantitative estimate of drug-likeness (QED) is 0.172. The second-order valence-electron chi connectivity index (χ2n) is 17.9. The molecule has 1 atom stereocenters. The number of hydrogen-bond acceptors (Lipinski definition) is 1. The number of para-hydroxylation sites is 2. The minimum Gasteiger partial charge on any atom is -0.310 e. The van der Waals surface area contributed by atoms with Crippen molar-refractivity contribution in [1.29, 1.82) is 0 Å². The van der Waals surface area contributed by atoms with Crippen LogP contribution in [-0.2, 0) is 10.8 Å². The fraction of sp³-hybridized carbons (Fsp3) is 0.0645. The normalized spacial score (nSPS) is 17.2. The molecule has 0 saturated carbocycles. The lowest BCUT2D eigenvalue weighted by molar-refractivity contribution is 0.660. The van der Waals surface area contributed by atoms with Crippen LogP contribution >= 0.6 is 0 Å². The zero-order chi connectivity index (χ0) is 47.5. The molecule has 0 bridgehead atoms. The molecule has 300 valence electrons. The molecule has 1 aromatic heterocycles. The van der Waals surface area contributed by atoms with Gasteiger partial charge in [-0.1, -0.05) is 171 Å². The average molecular weight is 821 g/mol. The van der Waals surface area contributed by atoms with Crippen LogP contribution in [0.3, 0.4) is 0 Å². The summed E-state index contributed by atoms with van der Waals surface area (Å²) in [7, 11) is 0. The van der Waals surface area contributed by atoms with E-state index in [9.17, 15) is 6.85 Å². The molecule has 0 saturated heterocycles. The maximum absolute atomic E-state index is 9.94. The SMILES string of the molecule is [2H]c1c([2H])c2c3c(c([2H])c([2H])c([2H])c3c1[2H])C1(c3ccccc3-c3ccc(N(c4ccc5c(c4)-c4ccccc4C5(C)C)c4ccc5c(c4)c4ccccc4n5-c4ccccc4)cc31)c1ccccc1-2. The number of rotatable bonds is 4. The van der Waals surface area contributed by atoms with Crippen LogP contribution in [0.15, 0.2) is 218 Å². The summed E-state index contributed by atoms with van der Waals surface area (Å²) in [6.07, 6.45) is 0. The molecule has 2 nitrogen and oxygen atoms in total. The smallest absolute Gasteiger partial charge is 0.0726 e. The minimum atomic E-state index is -1.19. The first-order valence-electron chi connectivity index (χ1n) is 25.0. The monoisotopic (exact) mass is 820 g/mol. The van der Waals surface area contributed by atoms with Gasteiger partial charge in [-0.05, 0) is 138 Å². The van der Waals surface area contributed by atoms with E-state index in [1.54, 1.807) is 0 Å². The lowest BCUT2D eigenvalue weighted by Gasteiger charge is -2.40. The summed E-state index contributed by atoms with van der Waals surface area (Å²) in [4.78, 5) is 2.35. The Morgan fingerprint density at radius 1 is 0.406 bits per heavy atom. The summed E-state index contributed by atoms with van der Waals surface area (Å²) in [6.45, 7) is 4.60. The Hall–Kier alpha value is -7.94. The number of nitrogens with zero attached hydrogens (tertiary/aromatic N) is 2. The predicted molar refractivity (Wildman–Crippen MR) is 267 cm³/mol. The van der Waals surface area contributed by atoms with Gasteiger partial charge in [0, 0.05) is 38.9 Å². The van der Waals surface area contributed by atoms with Crippen LogP contribution in [0.5, 0.6) is 0 Å². The Kier molecular flexibility index (Phi) is 6.04. The van der Waals surface area contributed by atoms with Crippen LogP contribution in [0.2, 0.25) is 0 Å². The Morgan fingerprint density at radius 3 is 1.77 bits per heavy atom. The van der Waals surface area contributed by atoms with Gasteiger partial charge in [0.15, 0.2) is 0 Å². The molecule has 0 aliphatic heterocycles. The third-order valence-electron chi connectivity index (χ3n) is 14.5. The Balaban J connectivity index is 1.09. The van der Waals surface area contributed by atoms with Crippen molar-refractivity contribution in [2.75, 3.05) is 4.90 Å². The van der Waals surface area contributed by atoms with E-state index in [4.69, 9.17) is 1.37 Å². The van der Waals surface area contributed by atoms with Crippen molar-refractivity contribution in [3.05, 3.63) is 252 Å². The van der Waals surface area contributed by atoms with Crippen LogP contribution in [0, 0.1) is 0 Å². The van der Waals surface area contributed by atoms with Gasteiger partial charge in [0.05, 0.1) is 24.7 Å². The van der Waals surface area contributed by atoms with Crippen molar-refractivity contribution in [3.8, 4) is 39.1 Å². The molecule has 11 aromatic rings. The molecule has 0 amide bonds. The zero-order valence-corrected chi connectivity index (χ0v) is 35.2. The van der Waals surface area contributed by atoms with Gasteiger partial charge in [-0.15, -0.1) is 0 Å². The van der Waals surface area contributed by atoms with Gasteiger partial charge in [0.25, 0.3) is 0 Å². The van der Waals surface area contributed by atoms with Crippen LogP contribution in [-0.4, -0.2) is 4.57 Å². The second-order valence-corrected chi connectivity index (χ2v) is 17.9. The first-order chi connectivity index (χ1) is 34.0. The fourth-order valence-corrected chi connectivity index (χ4v) is 11.8. The summed E-state index contributed by atoms with van der Waals surface area (Å²) in [5.74, 6) is 0. The molecule has 1 spiro atoms. The molecular formula is C62H42N2. The Morgan fingerprint density at radius 2 is 0.969 bits per heavy atom. The first kappa shape index (κ1) is 30.2. The second kappa shape index (κ2) is 12.8. The summed E-state index contributed by atoms with van der Waals surface area (Å²) in [5.41, 5.74) is 16.0. The minimum absolute atomic E-state index is 0.116. The third kappa shape index (κ3) is 4.54. The lowest BCUT2D eigenvalue weighted by atomic mass is 9.61. The number of aromatic nitrogens is 1. The molecule has 1 unspecified atom stereocenters. The van der Waals surface area contributed by atoms with E-state index in [-0.39, 0.29) is 47.1 Å². The molecule has 0 radical (unpaired) electrons. The topological polar surface area (TPSA) is 8.17 Å². The van der Waals surface area contributed by atoms with Gasteiger partial charge in [-0.3, -0.25) is 0 Å². The highest BCUT2D eigenvalue weighted by atomic mass is 15.1. The largest absolute Gasteiger partial charge is 0.310 e. The van der Waals surface area contributed by atoms with E-state index in [1.807, 2.05) is 36.4 Å². The highest BCUT2D eigenvalue weighted by molar-refractivity contribution is 6.11. The van der Waals surface area contributed by atoms with Crippen LogP contribution in [0.4, 0.5) is 17.1 Å². The van der Waals surface area contributed by atoms with Crippen molar-refractivity contribution in [1.82, 2.24) is 4.57 Å². The average Bonchev–Trinajstić information content (AvgIpc) is 3.96. The van der Waals surface area contributed by atoms with Crippen molar-refractivity contribution in [2.45, 2.75) is 24.7 Å². The van der Waals surface area contributed by atoms with Crippen LogP contribution in [0.1, 0.15) is 55.5 Å². The molecule has 3 aliphatic rings. The molecule has 10 aromatic carbocycles. The van der Waals surface area contributed by atoms with E-state index in [0.29, 0.717) is 16.5 Å². The summed E-state index contributed by atoms with van der Waals surface area (Å²) >= 11 is 0. The van der Waals surface area contributed by atoms with E-state index in [0.717, 1.165) is 77.9 Å². The molecule has 2 heteroatoms. The molecule has 14 rings (SSSR count). The van der Waals surface area contributed by atoms with Gasteiger partial charge >= 0.3 is 0 Å². The molecule has 3 aliphatic carbocycles. The molecular weight excluding hydrogens is 773 g/mol. The molecule has 0 N–H and O–H groups in total. The van der Waals surface area contributed by atoms with Crippen molar-refractivity contribution in [3.63, 3.8) is 0 Å². The number of hydrogen-bond donors (Lipinski definition) is 0. The van der Waals surface area contributed by atoms with E-state index >= 15 is 0 Å². The van der Waals surface area contributed by atoms with Gasteiger partial charge in [-0.2, -0.15) is 0 Å². The standard InChI is InChI=1S/C62H42N2/c1-61(2)52-25-10-6-22-46(52)50-36-41(31-34-53(50)61)63(42-32-35-59-51(37-42)48-23-9-13-29-58(48)64(59)40-18-4-3-5-19-40)43-30-33-47-44-20-7-11-26-54(44)62(57(47)38-43)55-27-12-8-21-45(55)49-24-14-16-39-17-15-28-56(62)60(39)49/h3-38H,1-2H3/i14D,15D,16D,17D,24D,28D. The molecule has 0 fully saturated rings. The summed E-state index contributed by atoms with van der Waals surface area (Å²) in [5, 5.41) is 2.82. The summed E-state index contributed by atoms with van der Waals surface area (Å²) in [6, 6.07) is 62.9. The van der Waals surface area contributed by atoms with Gasteiger partial charge in [-0.25, -0.2) is 0 Å². The van der Waals surface area contributed by atoms with E-state index in [1.165, 1.54) is 22.3 Å². The van der Waals surface area contributed by atoms with Crippen molar-refractivity contribution >= 4 is 49.6 Å². The van der Waals surface area contributed by atoms with Gasteiger partial charge < -0.3 is 9.47 Å². The van der Waals surface area contributed by atoms with Crippen LogP contribution in [0.25, 0.3) is 71.6 Å². The van der Waals surface area contributed by atoms with Crippen molar-refractivity contribution < 1.29 is 8.22 Å². The number of fused-ring (bicyclic) bond motifs is 15.